The molecule has 1 heterocycles. The van der Waals surface area contributed by atoms with Crippen molar-refractivity contribution in [1.29, 1.82) is 0 Å². The van der Waals surface area contributed by atoms with E-state index in [1.54, 1.807) is 0 Å². The Kier molecular flexibility index (Phi) is 8.39. The third-order valence-corrected chi connectivity index (χ3v) is 5.21. The van der Waals surface area contributed by atoms with Gasteiger partial charge in [-0.25, -0.2) is 0 Å². The number of aliphatic hydroxyl groups is 1. The Morgan fingerprint density at radius 1 is 1.27 bits per heavy atom. The molecule has 1 aromatic rings. The maximum atomic E-state index is 10.4. The minimum Gasteiger partial charge on any atom is -0.386 e. The predicted molar refractivity (Wildman–Crippen MR) is 110 cm³/mol. The minimum atomic E-state index is -0.557. The first-order valence-corrected chi connectivity index (χ1v) is 10.1. The first kappa shape index (κ1) is 20.7. The van der Waals surface area contributed by atoms with E-state index >= 15 is 0 Å². The predicted octanol–water partition coefficient (Wildman–Crippen LogP) is 2.66. The molecule has 146 valence electrons. The lowest BCUT2D eigenvalue weighted by atomic mass is 10.1. The highest BCUT2D eigenvalue weighted by Gasteiger charge is 2.26. The van der Waals surface area contributed by atoms with E-state index in [-0.39, 0.29) is 0 Å². The quantitative estimate of drug-likeness (QED) is 0.553. The summed E-state index contributed by atoms with van der Waals surface area (Å²) >= 11 is 0. The van der Waals surface area contributed by atoms with Gasteiger partial charge in [-0.15, -0.1) is 0 Å². The molecule has 5 nitrogen and oxygen atoms in total. The van der Waals surface area contributed by atoms with Gasteiger partial charge >= 0.3 is 0 Å². The summed E-state index contributed by atoms with van der Waals surface area (Å²) in [7, 11) is 0. The Labute approximate surface area is 159 Å². The Morgan fingerprint density at radius 3 is 2.58 bits per heavy atom. The zero-order valence-corrected chi connectivity index (χ0v) is 16.9. The molecule has 2 unspecified atom stereocenters. The number of aliphatic imine (C=N–C) groups is 1. The van der Waals surface area contributed by atoms with Gasteiger partial charge in [-0.2, -0.15) is 0 Å². The lowest BCUT2D eigenvalue weighted by Gasteiger charge is -2.24. The van der Waals surface area contributed by atoms with Gasteiger partial charge in [0, 0.05) is 26.2 Å². The van der Waals surface area contributed by atoms with Crippen LogP contribution in [0.25, 0.3) is 0 Å². The standard InChI is InChI=1S/C21H36N4O/c1-5-22-21(23-14-20(26)19-10-8-17(4)9-11-19)25-13-12-18(16-25)15-24(6-2)7-3/h8-11,18,20,26H,5-7,12-16H2,1-4H3,(H,22,23). The number of likely N-dealkylation sites (tertiary alicyclic amines) is 1. The number of nitrogens with zero attached hydrogens (tertiary/aromatic N) is 3. The number of guanidine groups is 1. The van der Waals surface area contributed by atoms with Crippen LogP contribution in [0.15, 0.2) is 29.3 Å². The van der Waals surface area contributed by atoms with Crippen LogP contribution in [0.4, 0.5) is 0 Å². The Bertz CT molecular complexity index is 554. The molecule has 1 aliphatic rings. The first-order valence-electron chi connectivity index (χ1n) is 10.1. The average Bonchev–Trinajstić information content (AvgIpc) is 3.11. The molecule has 1 fully saturated rings. The maximum absolute atomic E-state index is 10.4. The molecule has 0 aliphatic carbocycles. The second-order valence-corrected chi connectivity index (χ2v) is 7.21. The molecule has 2 N–H and O–H groups in total. The van der Waals surface area contributed by atoms with Crippen LogP contribution in [0.1, 0.15) is 44.4 Å². The third-order valence-electron chi connectivity index (χ3n) is 5.21. The second-order valence-electron chi connectivity index (χ2n) is 7.21. The molecule has 2 atom stereocenters. The normalized spacial score (nSPS) is 19.2. The minimum absolute atomic E-state index is 0.391. The lowest BCUT2D eigenvalue weighted by Crippen LogP contribution is -2.41. The summed E-state index contributed by atoms with van der Waals surface area (Å²) in [5.74, 6) is 1.63. The van der Waals surface area contributed by atoms with E-state index in [1.165, 1.54) is 12.0 Å². The van der Waals surface area contributed by atoms with Crippen LogP contribution in [0.3, 0.4) is 0 Å². The number of hydrogen-bond donors (Lipinski definition) is 2. The zero-order chi connectivity index (χ0) is 18.9. The molecular weight excluding hydrogens is 324 g/mol. The fourth-order valence-electron chi connectivity index (χ4n) is 3.51. The zero-order valence-electron chi connectivity index (χ0n) is 16.9. The molecule has 0 radical (unpaired) electrons. The smallest absolute Gasteiger partial charge is 0.194 e. The molecule has 1 saturated heterocycles. The van der Waals surface area contributed by atoms with Crippen LogP contribution in [-0.2, 0) is 0 Å². The Hall–Kier alpha value is -1.59. The van der Waals surface area contributed by atoms with Gasteiger partial charge in [-0.1, -0.05) is 43.7 Å². The van der Waals surface area contributed by atoms with Crippen molar-refractivity contribution in [1.82, 2.24) is 15.1 Å². The van der Waals surface area contributed by atoms with Gasteiger partial charge in [-0.3, -0.25) is 4.99 Å². The molecule has 0 aromatic heterocycles. The molecule has 0 saturated carbocycles. The highest BCUT2D eigenvalue weighted by atomic mass is 16.3. The van der Waals surface area contributed by atoms with Crippen LogP contribution < -0.4 is 5.32 Å². The summed E-state index contributed by atoms with van der Waals surface area (Å²) in [5.41, 5.74) is 2.13. The van der Waals surface area contributed by atoms with Gasteiger partial charge in [0.25, 0.3) is 0 Å². The molecule has 26 heavy (non-hydrogen) atoms. The van der Waals surface area contributed by atoms with E-state index in [1.807, 2.05) is 24.3 Å². The lowest BCUT2D eigenvalue weighted by molar-refractivity contribution is 0.186. The number of hydrogen-bond acceptors (Lipinski definition) is 3. The number of aryl methyl sites for hydroxylation is 1. The molecule has 1 aromatic carbocycles. The van der Waals surface area contributed by atoms with Crippen molar-refractivity contribution in [3.05, 3.63) is 35.4 Å². The van der Waals surface area contributed by atoms with E-state index in [0.717, 1.165) is 50.8 Å². The van der Waals surface area contributed by atoms with Crippen molar-refractivity contribution in [3.8, 4) is 0 Å². The van der Waals surface area contributed by atoms with Crippen molar-refractivity contribution >= 4 is 5.96 Å². The van der Waals surface area contributed by atoms with Gasteiger partial charge in [-0.05, 0) is 44.8 Å². The largest absolute Gasteiger partial charge is 0.386 e. The Morgan fingerprint density at radius 2 is 1.96 bits per heavy atom. The highest BCUT2D eigenvalue weighted by molar-refractivity contribution is 5.80. The summed E-state index contributed by atoms with van der Waals surface area (Å²) in [6.45, 7) is 15.3. The molecule has 2 rings (SSSR count). The summed E-state index contributed by atoms with van der Waals surface area (Å²) in [6.07, 6.45) is 0.653. The number of benzene rings is 1. The summed E-state index contributed by atoms with van der Waals surface area (Å²) in [6, 6.07) is 8.04. The van der Waals surface area contributed by atoms with Crippen LogP contribution in [-0.4, -0.2) is 66.7 Å². The van der Waals surface area contributed by atoms with Crippen molar-refractivity contribution in [3.63, 3.8) is 0 Å². The SMILES string of the molecule is CCNC(=NCC(O)c1ccc(C)cc1)N1CCC(CN(CC)CC)C1. The number of nitrogens with one attached hydrogen (secondary N) is 1. The Balaban J connectivity index is 1.95. The average molecular weight is 361 g/mol. The first-order chi connectivity index (χ1) is 12.6. The van der Waals surface area contributed by atoms with Gasteiger partial charge < -0.3 is 20.2 Å². The topological polar surface area (TPSA) is 51.1 Å². The van der Waals surface area contributed by atoms with Gasteiger partial charge in [0.15, 0.2) is 5.96 Å². The van der Waals surface area contributed by atoms with Gasteiger partial charge in [0.2, 0.25) is 0 Å². The number of rotatable bonds is 8. The summed E-state index contributed by atoms with van der Waals surface area (Å²) in [5, 5.41) is 13.8. The number of aliphatic hydroxyl groups excluding tert-OH is 1. The van der Waals surface area contributed by atoms with Crippen molar-refractivity contribution in [2.75, 3.05) is 45.8 Å². The van der Waals surface area contributed by atoms with E-state index in [0.29, 0.717) is 12.5 Å². The monoisotopic (exact) mass is 360 g/mol. The van der Waals surface area contributed by atoms with E-state index < -0.39 is 6.10 Å². The van der Waals surface area contributed by atoms with Crippen LogP contribution in [0.5, 0.6) is 0 Å². The summed E-state index contributed by atoms with van der Waals surface area (Å²) < 4.78 is 0. The fourth-order valence-corrected chi connectivity index (χ4v) is 3.51. The molecule has 1 aliphatic heterocycles. The van der Waals surface area contributed by atoms with E-state index in [2.05, 4.69) is 42.8 Å². The van der Waals surface area contributed by atoms with Crippen LogP contribution in [0.2, 0.25) is 0 Å². The molecular formula is C21H36N4O. The van der Waals surface area contributed by atoms with Gasteiger partial charge in [0.05, 0.1) is 12.6 Å². The van der Waals surface area contributed by atoms with Crippen LogP contribution in [0, 0.1) is 12.8 Å². The molecule has 5 heteroatoms. The maximum Gasteiger partial charge on any atom is 0.194 e. The summed E-state index contributed by atoms with van der Waals surface area (Å²) in [4.78, 5) is 9.56. The van der Waals surface area contributed by atoms with Crippen LogP contribution >= 0.6 is 0 Å². The molecule has 0 amide bonds. The molecule has 0 spiro atoms. The van der Waals surface area contributed by atoms with Gasteiger partial charge in [0.1, 0.15) is 0 Å². The molecule has 0 bridgehead atoms. The van der Waals surface area contributed by atoms with E-state index in [9.17, 15) is 5.11 Å². The second kappa shape index (κ2) is 10.5. The highest BCUT2D eigenvalue weighted by Crippen LogP contribution is 2.19. The fraction of sp³-hybridized carbons (Fsp3) is 0.667. The van der Waals surface area contributed by atoms with Crippen molar-refractivity contribution in [2.45, 2.75) is 40.2 Å². The van der Waals surface area contributed by atoms with Crippen molar-refractivity contribution < 1.29 is 5.11 Å². The van der Waals surface area contributed by atoms with Crippen molar-refractivity contribution in [2.24, 2.45) is 10.9 Å². The van der Waals surface area contributed by atoms with E-state index in [4.69, 9.17) is 4.99 Å². The third kappa shape index (κ3) is 5.99.